The molecule has 1 aromatic heterocycles. The number of fused-ring (bicyclic) bond motifs is 5. The van der Waals surface area contributed by atoms with E-state index in [4.69, 9.17) is 11.6 Å². The molecule has 0 radical (unpaired) electrons. The lowest BCUT2D eigenvalue weighted by atomic mass is 9.84. The average molecular weight is 479 g/mol. The van der Waals surface area contributed by atoms with Crippen LogP contribution in [-0.4, -0.2) is 28.5 Å². The third kappa shape index (κ3) is 2.85. The van der Waals surface area contributed by atoms with Gasteiger partial charge in [0.15, 0.2) is 5.78 Å². The molecule has 0 aliphatic carbocycles. The van der Waals surface area contributed by atoms with E-state index in [0.717, 1.165) is 22.1 Å². The standard InChI is InChI=1S/C25H16ClFN2O3S/c26-16-12-14(7-8-17(16)27)29-24(31)19-20(25(29)32)22(23(30)18-6-3-11-33-18)28-10-9-13-4-1-2-5-15(13)21(19)28/h1-12,19-22H/t19-,20+,21+,22-/m0/s1. The number of ketones is 1. The molecular formula is C25H16ClFN2O3S. The van der Waals surface area contributed by atoms with Gasteiger partial charge in [0.05, 0.1) is 33.5 Å². The maximum Gasteiger partial charge on any atom is 0.240 e. The fourth-order valence-corrected chi connectivity index (χ4v) is 6.17. The summed E-state index contributed by atoms with van der Waals surface area (Å²) in [6.45, 7) is 0. The molecule has 8 heteroatoms. The van der Waals surface area contributed by atoms with E-state index in [0.29, 0.717) is 4.88 Å². The number of hydrogen-bond donors (Lipinski definition) is 0. The molecule has 4 atom stereocenters. The van der Waals surface area contributed by atoms with Crippen molar-refractivity contribution < 1.29 is 18.8 Å². The van der Waals surface area contributed by atoms with E-state index in [9.17, 15) is 18.8 Å². The Hall–Kier alpha value is -3.29. The molecule has 3 aliphatic rings. The number of rotatable bonds is 3. The first-order valence-corrected chi connectivity index (χ1v) is 11.7. The second-order valence-corrected chi connectivity index (χ2v) is 9.64. The lowest BCUT2D eigenvalue weighted by Crippen LogP contribution is -2.44. The quantitative estimate of drug-likeness (QED) is 0.395. The molecule has 2 fully saturated rings. The van der Waals surface area contributed by atoms with Crippen LogP contribution in [0.3, 0.4) is 0 Å². The van der Waals surface area contributed by atoms with E-state index in [1.165, 1.54) is 23.5 Å². The van der Waals surface area contributed by atoms with E-state index in [1.54, 1.807) is 12.1 Å². The van der Waals surface area contributed by atoms with Crippen LogP contribution in [0.4, 0.5) is 10.1 Å². The number of amides is 2. The van der Waals surface area contributed by atoms with Gasteiger partial charge in [-0.05, 0) is 46.8 Å². The maximum absolute atomic E-state index is 13.7. The normalized spacial score (nSPS) is 25.3. The van der Waals surface area contributed by atoms with Gasteiger partial charge in [0.2, 0.25) is 11.8 Å². The Balaban J connectivity index is 1.51. The highest BCUT2D eigenvalue weighted by Crippen LogP contribution is 2.53. The van der Waals surface area contributed by atoms with E-state index in [1.807, 2.05) is 46.8 Å². The molecule has 3 aromatic rings. The SMILES string of the molecule is O=C(c1cccs1)[C@@H]1[C@@H]2C(=O)N(c3ccc(F)c(Cl)c3)C(=O)[C@@H]2[C@H]2c3ccccc3C=CN12. The second-order valence-electron chi connectivity index (χ2n) is 8.28. The highest BCUT2D eigenvalue weighted by molar-refractivity contribution is 7.12. The Morgan fingerprint density at radius 3 is 2.55 bits per heavy atom. The van der Waals surface area contributed by atoms with Crippen LogP contribution in [-0.2, 0) is 9.59 Å². The molecule has 164 valence electrons. The van der Waals surface area contributed by atoms with Crippen molar-refractivity contribution in [2.24, 2.45) is 11.8 Å². The van der Waals surface area contributed by atoms with Crippen molar-refractivity contribution in [3.05, 3.63) is 93.0 Å². The summed E-state index contributed by atoms with van der Waals surface area (Å²) < 4.78 is 13.7. The summed E-state index contributed by atoms with van der Waals surface area (Å²) >= 11 is 7.25. The van der Waals surface area contributed by atoms with Gasteiger partial charge in [0, 0.05) is 6.20 Å². The number of halogens is 2. The van der Waals surface area contributed by atoms with Crippen molar-refractivity contribution in [3.63, 3.8) is 0 Å². The number of carbonyl (C=O) groups excluding carboxylic acids is 3. The Morgan fingerprint density at radius 1 is 1.00 bits per heavy atom. The van der Waals surface area contributed by atoms with Gasteiger partial charge in [-0.1, -0.05) is 41.9 Å². The fraction of sp³-hybridized carbons (Fsp3) is 0.160. The molecule has 33 heavy (non-hydrogen) atoms. The molecule has 2 saturated heterocycles. The number of Topliss-reactive ketones (excluding diaryl/α,β-unsaturated/α-hetero) is 1. The zero-order valence-electron chi connectivity index (χ0n) is 17.0. The minimum absolute atomic E-state index is 0.177. The number of benzene rings is 2. The van der Waals surface area contributed by atoms with E-state index in [2.05, 4.69) is 0 Å². The molecule has 0 N–H and O–H groups in total. The van der Waals surface area contributed by atoms with Crippen LogP contribution >= 0.6 is 22.9 Å². The van der Waals surface area contributed by atoms with Gasteiger partial charge < -0.3 is 4.90 Å². The van der Waals surface area contributed by atoms with Gasteiger partial charge in [-0.2, -0.15) is 0 Å². The van der Waals surface area contributed by atoms with Crippen LogP contribution in [0.2, 0.25) is 5.02 Å². The van der Waals surface area contributed by atoms with Crippen molar-refractivity contribution in [1.82, 2.24) is 4.90 Å². The highest BCUT2D eigenvalue weighted by Gasteiger charge is 2.64. The summed E-state index contributed by atoms with van der Waals surface area (Å²) in [6.07, 6.45) is 3.73. The Labute approximate surface area is 197 Å². The van der Waals surface area contributed by atoms with Crippen molar-refractivity contribution in [3.8, 4) is 0 Å². The van der Waals surface area contributed by atoms with Crippen LogP contribution in [0, 0.1) is 17.7 Å². The number of hydrogen-bond acceptors (Lipinski definition) is 5. The van der Waals surface area contributed by atoms with E-state index in [-0.39, 0.29) is 16.5 Å². The zero-order chi connectivity index (χ0) is 22.9. The Kier molecular flexibility index (Phi) is 4.54. The number of nitrogens with zero attached hydrogens (tertiary/aromatic N) is 2. The Morgan fingerprint density at radius 2 is 1.79 bits per heavy atom. The van der Waals surface area contributed by atoms with Gasteiger partial charge in [-0.25, -0.2) is 9.29 Å². The smallest absolute Gasteiger partial charge is 0.240 e. The van der Waals surface area contributed by atoms with E-state index >= 15 is 0 Å². The summed E-state index contributed by atoms with van der Waals surface area (Å²) in [5.41, 5.74) is 2.06. The van der Waals surface area contributed by atoms with Crippen LogP contribution in [0.15, 0.2) is 66.2 Å². The number of anilines is 1. The van der Waals surface area contributed by atoms with Gasteiger partial charge in [-0.15, -0.1) is 11.3 Å². The summed E-state index contributed by atoms with van der Waals surface area (Å²) in [4.78, 5) is 44.5. The van der Waals surface area contributed by atoms with Gasteiger partial charge in [0.25, 0.3) is 0 Å². The average Bonchev–Trinajstić information content (AvgIpc) is 3.52. The van der Waals surface area contributed by atoms with Gasteiger partial charge in [-0.3, -0.25) is 14.4 Å². The predicted molar refractivity (Wildman–Crippen MR) is 123 cm³/mol. The number of thiophene rings is 1. The van der Waals surface area contributed by atoms with Crippen LogP contribution in [0.5, 0.6) is 0 Å². The topological polar surface area (TPSA) is 57.7 Å². The first-order valence-electron chi connectivity index (χ1n) is 10.4. The fourth-order valence-electron chi connectivity index (χ4n) is 5.30. The third-order valence-corrected chi connectivity index (χ3v) is 7.83. The second kappa shape index (κ2) is 7.37. The summed E-state index contributed by atoms with van der Waals surface area (Å²) in [6, 6.07) is 13.7. The molecule has 3 aliphatic heterocycles. The lowest BCUT2D eigenvalue weighted by Gasteiger charge is -2.35. The molecule has 2 aromatic carbocycles. The summed E-state index contributed by atoms with van der Waals surface area (Å²) in [5.74, 6) is -3.31. The number of carbonyl (C=O) groups is 3. The molecule has 4 heterocycles. The predicted octanol–water partition coefficient (Wildman–Crippen LogP) is 4.94. The molecule has 5 nitrogen and oxygen atoms in total. The van der Waals surface area contributed by atoms with E-state index < -0.39 is 41.6 Å². The van der Waals surface area contributed by atoms with Gasteiger partial charge >= 0.3 is 0 Å². The van der Waals surface area contributed by atoms with Gasteiger partial charge in [0.1, 0.15) is 11.9 Å². The lowest BCUT2D eigenvalue weighted by molar-refractivity contribution is -0.123. The summed E-state index contributed by atoms with van der Waals surface area (Å²) in [5, 5.41) is 1.64. The largest absolute Gasteiger partial charge is 0.358 e. The van der Waals surface area contributed by atoms with Crippen LogP contribution in [0.25, 0.3) is 6.08 Å². The van der Waals surface area contributed by atoms with Crippen LogP contribution in [0.1, 0.15) is 26.8 Å². The van der Waals surface area contributed by atoms with Crippen molar-refractivity contribution in [1.29, 1.82) is 0 Å². The number of imide groups is 1. The van der Waals surface area contributed by atoms with Crippen molar-refractivity contribution >= 4 is 52.3 Å². The minimum atomic E-state index is -0.864. The highest BCUT2D eigenvalue weighted by atomic mass is 35.5. The summed E-state index contributed by atoms with van der Waals surface area (Å²) in [7, 11) is 0. The first-order chi connectivity index (χ1) is 16.0. The third-order valence-electron chi connectivity index (χ3n) is 6.66. The zero-order valence-corrected chi connectivity index (χ0v) is 18.6. The Bertz CT molecular complexity index is 1360. The molecule has 0 unspecified atom stereocenters. The van der Waals surface area contributed by atoms with Crippen LogP contribution < -0.4 is 4.90 Å². The molecule has 0 saturated carbocycles. The van der Waals surface area contributed by atoms with Crippen molar-refractivity contribution in [2.75, 3.05) is 4.90 Å². The molecule has 0 bridgehead atoms. The monoisotopic (exact) mass is 478 g/mol. The molecular weight excluding hydrogens is 463 g/mol. The minimum Gasteiger partial charge on any atom is -0.358 e. The maximum atomic E-state index is 13.7. The first kappa shape index (κ1) is 20.3. The molecule has 2 amide bonds. The molecule has 6 rings (SSSR count). The van der Waals surface area contributed by atoms with Crippen molar-refractivity contribution in [2.45, 2.75) is 12.1 Å². The molecule has 0 spiro atoms.